The Morgan fingerprint density at radius 2 is 1.97 bits per heavy atom. The minimum atomic E-state index is -0.638. The fourth-order valence-corrected chi connectivity index (χ4v) is 5.14. The van der Waals surface area contributed by atoms with Gasteiger partial charge in [-0.05, 0) is 30.2 Å². The van der Waals surface area contributed by atoms with Gasteiger partial charge in [-0.1, -0.05) is 17.7 Å². The quantitative estimate of drug-likeness (QED) is 0.549. The number of halogens is 1. The number of amides is 3. The summed E-state index contributed by atoms with van der Waals surface area (Å²) >= 11 is 6.66. The largest absolute Gasteiger partial charge is 0.379 e. The molecule has 2 saturated heterocycles. The SMILES string of the molecule is O=C1CC[C@H](N2Cc3cc(-c4ccn5nc(CN6CCOCC6)c(Cl)c5n4)ccc3C2=O)C(=O)N1. The van der Waals surface area contributed by atoms with Gasteiger partial charge in [-0.3, -0.25) is 24.6 Å². The lowest BCUT2D eigenvalue weighted by molar-refractivity contribution is -0.136. The van der Waals surface area contributed by atoms with E-state index in [1.165, 1.54) is 0 Å². The van der Waals surface area contributed by atoms with E-state index in [1.807, 2.05) is 24.4 Å². The number of aromatic nitrogens is 3. The molecule has 0 bridgehead atoms. The maximum absolute atomic E-state index is 13.0. The number of hydrogen-bond donors (Lipinski definition) is 1. The van der Waals surface area contributed by atoms with E-state index in [9.17, 15) is 14.4 Å². The zero-order valence-corrected chi connectivity index (χ0v) is 19.6. The lowest BCUT2D eigenvalue weighted by atomic mass is 10.0. The molecular weight excluding hydrogens is 472 g/mol. The van der Waals surface area contributed by atoms with Crippen LogP contribution in [0.15, 0.2) is 30.5 Å². The van der Waals surface area contributed by atoms with Crippen LogP contribution >= 0.6 is 11.6 Å². The molecule has 10 nitrogen and oxygen atoms in total. The monoisotopic (exact) mass is 494 g/mol. The van der Waals surface area contributed by atoms with Crippen LogP contribution in [0, 0.1) is 0 Å². The first-order valence-electron chi connectivity index (χ1n) is 11.6. The number of benzene rings is 1. The number of piperidine rings is 1. The van der Waals surface area contributed by atoms with Crippen molar-refractivity contribution >= 4 is 35.0 Å². The molecule has 6 rings (SSSR count). The smallest absolute Gasteiger partial charge is 0.255 e. The maximum Gasteiger partial charge on any atom is 0.255 e. The predicted molar refractivity (Wildman–Crippen MR) is 126 cm³/mol. The average Bonchev–Trinajstić information content (AvgIpc) is 3.35. The molecule has 1 aromatic carbocycles. The van der Waals surface area contributed by atoms with Crippen LogP contribution in [0.2, 0.25) is 5.02 Å². The van der Waals surface area contributed by atoms with Gasteiger partial charge in [0.1, 0.15) is 11.1 Å². The van der Waals surface area contributed by atoms with Crippen LogP contribution in [-0.2, 0) is 27.4 Å². The van der Waals surface area contributed by atoms with Gasteiger partial charge in [0.25, 0.3) is 5.91 Å². The number of rotatable bonds is 4. The second-order valence-corrected chi connectivity index (χ2v) is 9.38. The molecule has 3 aromatic rings. The molecule has 0 unspecified atom stereocenters. The first-order chi connectivity index (χ1) is 17.0. The average molecular weight is 495 g/mol. The molecular formula is C24H23ClN6O4. The van der Waals surface area contributed by atoms with E-state index in [0.717, 1.165) is 29.9 Å². The van der Waals surface area contributed by atoms with Crippen molar-refractivity contribution in [2.75, 3.05) is 26.3 Å². The molecule has 180 valence electrons. The van der Waals surface area contributed by atoms with Crippen LogP contribution in [0.25, 0.3) is 16.9 Å². The number of nitrogens with zero attached hydrogens (tertiary/aromatic N) is 5. The van der Waals surface area contributed by atoms with Crippen LogP contribution < -0.4 is 5.32 Å². The zero-order valence-electron chi connectivity index (χ0n) is 18.9. The van der Waals surface area contributed by atoms with E-state index in [1.54, 1.807) is 15.5 Å². The Labute approximate surface area is 205 Å². The van der Waals surface area contributed by atoms with E-state index in [4.69, 9.17) is 21.3 Å². The highest BCUT2D eigenvalue weighted by molar-refractivity contribution is 6.34. The Kier molecular flexibility index (Phi) is 5.51. The third kappa shape index (κ3) is 3.97. The van der Waals surface area contributed by atoms with Gasteiger partial charge in [0.15, 0.2) is 5.65 Å². The van der Waals surface area contributed by atoms with Gasteiger partial charge >= 0.3 is 0 Å². The van der Waals surface area contributed by atoms with E-state index in [2.05, 4.69) is 15.3 Å². The van der Waals surface area contributed by atoms with Crippen LogP contribution in [0.5, 0.6) is 0 Å². The highest BCUT2D eigenvalue weighted by atomic mass is 35.5. The van der Waals surface area contributed by atoms with Crippen LogP contribution in [0.3, 0.4) is 0 Å². The first-order valence-corrected chi connectivity index (χ1v) is 12.0. The number of nitrogens with one attached hydrogen (secondary N) is 1. The highest BCUT2D eigenvalue weighted by Gasteiger charge is 2.39. The fraction of sp³-hybridized carbons (Fsp3) is 0.375. The standard InChI is InChI=1S/C24H23ClN6O4/c25-21-18(13-29-7-9-35-10-8-29)28-31-6-5-17(26-22(21)31)14-1-2-16-15(11-14)12-30(24(16)34)19-3-4-20(32)27-23(19)33/h1-2,5-6,11,19H,3-4,7-10,12-13H2,(H,27,32,33)/t19-/m0/s1. The molecule has 3 aliphatic rings. The van der Waals surface area contributed by atoms with Crippen molar-refractivity contribution in [3.63, 3.8) is 0 Å². The van der Waals surface area contributed by atoms with Crippen LogP contribution in [-0.4, -0.2) is 74.5 Å². The number of ether oxygens (including phenoxy) is 1. The summed E-state index contributed by atoms with van der Waals surface area (Å²) in [5, 5.41) is 7.47. The topological polar surface area (TPSA) is 109 Å². The summed E-state index contributed by atoms with van der Waals surface area (Å²) in [6, 6.07) is 6.78. The normalized spacial score (nSPS) is 21.0. The summed E-state index contributed by atoms with van der Waals surface area (Å²) in [5.74, 6) is -0.917. The lowest BCUT2D eigenvalue weighted by Crippen LogP contribution is -2.52. The zero-order chi connectivity index (χ0) is 24.1. The Morgan fingerprint density at radius 3 is 2.77 bits per heavy atom. The molecule has 1 N–H and O–H groups in total. The van der Waals surface area contributed by atoms with Gasteiger partial charge in [-0.15, -0.1) is 0 Å². The minimum absolute atomic E-state index is 0.198. The van der Waals surface area contributed by atoms with Gasteiger partial charge < -0.3 is 9.64 Å². The van der Waals surface area contributed by atoms with Gasteiger partial charge in [0.2, 0.25) is 11.8 Å². The number of imide groups is 1. The van der Waals surface area contributed by atoms with E-state index >= 15 is 0 Å². The second kappa shape index (κ2) is 8.71. The molecule has 11 heteroatoms. The molecule has 0 spiro atoms. The summed E-state index contributed by atoms with van der Waals surface area (Å²) in [5.41, 5.74) is 4.30. The van der Waals surface area contributed by atoms with Crippen LogP contribution in [0.1, 0.15) is 34.5 Å². The van der Waals surface area contributed by atoms with Gasteiger partial charge in [-0.2, -0.15) is 5.10 Å². The predicted octanol–water partition coefficient (Wildman–Crippen LogP) is 1.64. The summed E-state index contributed by atoms with van der Waals surface area (Å²) in [7, 11) is 0. The van der Waals surface area contributed by atoms with E-state index in [-0.39, 0.29) is 18.2 Å². The van der Waals surface area contributed by atoms with Crippen LogP contribution in [0.4, 0.5) is 0 Å². The number of carbonyl (C=O) groups excluding carboxylic acids is 3. The molecule has 5 heterocycles. The third-order valence-electron chi connectivity index (χ3n) is 6.79. The van der Waals surface area contributed by atoms with Crippen molar-refractivity contribution in [3.05, 3.63) is 52.3 Å². The lowest BCUT2D eigenvalue weighted by Gasteiger charge is -2.29. The fourth-order valence-electron chi connectivity index (χ4n) is 4.91. The van der Waals surface area contributed by atoms with E-state index < -0.39 is 11.9 Å². The van der Waals surface area contributed by atoms with Crippen molar-refractivity contribution in [2.45, 2.75) is 32.0 Å². The summed E-state index contributed by atoms with van der Waals surface area (Å²) < 4.78 is 7.09. The molecule has 3 amide bonds. The van der Waals surface area contributed by atoms with Gasteiger partial charge in [0, 0.05) is 49.9 Å². The van der Waals surface area contributed by atoms with Crippen molar-refractivity contribution in [2.24, 2.45) is 0 Å². The molecule has 3 aliphatic heterocycles. The van der Waals surface area contributed by atoms with Crippen molar-refractivity contribution in [3.8, 4) is 11.3 Å². The Hall–Kier alpha value is -3.34. The van der Waals surface area contributed by atoms with E-state index in [0.29, 0.717) is 54.7 Å². The van der Waals surface area contributed by atoms with Crippen molar-refractivity contribution in [1.82, 2.24) is 29.7 Å². The molecule has 0 aliphatic carbocycles. The summed E-state index contributed by atoms with van der Waals surface area (Å²) in [6.45, 7) is 4.04. The molecule has 35 heavy (non-hydrogen) atoms. The second-order valence-electron chi connectivity index (χ2n) is 9.00. The minimum Gasteiger partial charge on any atom is -0.379 e. The number of morpholine rings is 1. The molecule has 2 fully saturated rings. The molecule has 1 atom stereocenters. The summed E-state index contributed by atoms with van der Waals surface area (Å²) in [4.78, 5) is 45.3. The Bertz CT molecular complexity index is 1370. The van der Waals surface area contributed by atoms with Crippen molar-refractivity contribution in [1.29, 1.82) is 0 Å². The first kappa shape index (κ1) is 22.1. The molecule has 2 aromatic heterocycles. The summed E-state index contributed by atoms with van der Waals surface area (Å²) in [6.07, 6.45) is 2.40. The number of hydrogen-bond acceptors (Lipinski definition) is 7. The van der Waals surface area contributed by atoms with Crippen molar-refractivity contribution < 1.29 is 19.1 Å². The molecule has 0 saturated carbocycles. The number of carbonyl (C=O) groups is 3. The number of fused-ring (bicyclic) bond motifs is 2. The Balaban J connectivity index is 1.26. The third-order valence-corrected chi connectivity index (χ3v) is 7.18. The molecule has 0 radical (unpaired) electrons. The highest BCUT2D eigenvalue weighted by Crippen LogP contribution is 2.31. The maximum atomic E-state index is 13.0. The Morgan fingerprint density at radius 1 is 1.14 bits per heavy atom. The van der Waals surface area contributed by atoms with Gasteiger partial charge in [0.05, 0.1) is 24.6 Å². The van der Waals surface area contributed by atoms with Gasteiger partial charge in [-0.25, -0.2) is 9.50 Å².